The highest BCUT2D eigenvalue weighted by atomic mass is 31.2. The van der Waals surface area contributed by atoms with Gasteiger partial charge >= 0.3 is 19.4 Å². The molecule has 0 spiro atoms. The van der Waals surface area contributed by atoms with Gasteiger partial charge in [-0.3, -0.25) is 23.7 Å². The summed E-state index contributed by atoms with van der Waals surface area (Å²) in [5, 5.41) is 26.2. The molecular formula is C28H36N3O10P. The number of fused-ring (bicyclic) bond motifs is 1. The van der Waals surface area contributed by atoms with Crippen molar-refractivity contribution in [1.29, 1.82) is 0 Å². The van der Waals surface area contributed by atoms with Crippen molar-refractivity contribution >= 4 is 24.5 Å². The maximum atomic E-state index is 14.3. The number of esters is 1. The summed E-state index contributed by atoms with van der Waals surface area (Å²) in [6, 6.07) is 12.4. The minimum atomic E-state index is -4.42. The standard InChI is InChI=1S/C28H36N3O10P/c1-5-6-16-38-25(34)17(2)30-42(37,41-21-13-9-11-19-10-7-8-12-20(19)21)40-18(3)23-24(33)28(4,36)26(39-23)31-15-14-22(32)29-27(31)35/h7-15,17-18,23-24,26,33,36H,5-6,16H2,1-4H3,(H,30,37)(H,29,32,35)/t17-,18+,23+,24+,26+,28+,42?/m0/s1. The Hall–Kier alpha value is -3.32. The molecule has 228 valence electrons. The Kier molecular flexibility index (Phi) is 9.71. The van der Waals surface area contributed by atoms with E-state index in [2.05, 4.69) is 10.1 Å². The summed E-state index contributed by atoms with van der Waals surface area (Å²) in [4.78, 5) is 38.6. The lowest BCUT2D eigenvalue weighted by Crippen LogP contribution is -2.48. The highest BCUT2D eigenvalue weighted by molar-refractivity contribution is 7.52. The van der Waals surface area contributed by atoms with E-state index in [0.29, 0.717) is 11.8 Å². The number of benzene rings is 2. The third-order valence-corrected chi connectivity index (χ3v) is 8.73. The van der Waals surface area contributed by atoms with E-state index in [1.165, 1.54) is 20.8 Å². The van der Waals surface area contributed by atoms with Crippen LogP contribution >= 0.6 is 7.75 Å². The van der Waals surface area contributed by atoms with Crippen molar-refractivity contribution in [2.75, 3.05) is 6.61 Å². The summed E-state index contributed by atoms with van der Waals surface area (Å²) in [5.41, 5.74) is -3.53. The molecule has 4 rings (SSSR count). The van der Waals surface area contributed by atoms with Gasteiger partial charge in [0.1, 0.15) is 29.6 Å². The molecule has 14 heteroatoms. The second kappa shape index (κ2) is 12.9. The van der Waals surface area contributed by atoms with E-state index in [1.807, 2.05) is 25.1 Å². The largest absolute Gasteiger partial charge is 0.465 e. The molecule has 0 radical (unpaired) electrons. The van der Waals surface area contributed by atoms with Crippen LogP contribution in [0.5, 0.6) is 5.75 Å². The Bertz CT molecular complexity index is 1570. The predicted octanol–water partition coefficient (Wildman–Crippen LogP) is 2.61. The molecule has 42 heavy (non-hydrogen) atoms. The van der Waals surface area contributed by atoms with Crippen LogP contribution in [0.4, 0.5) is 0 Å². The van der Waals surface area contributed by atoms with Crippen LogP contribution in [-0.2, 0) is 23.4 Å². The quantitative estimate of drug-likeness (QED) is 0.135. The summed E-state index contributed by atoms with van der Waals surface area (Å²) in [5.74, 6) is -0.459. The van der Waals surface area contributed by atoms with E-state index in [1.54, 1.807) is 24.3 Å². The lowest BCUT2D eigenvalue weighted by molar-refractivity contribution is -0.145. The predicted molar refractivity (Wildman–Crippen MR) is 153 cm³/mol. The van der Waals surface area contributed by atoms with Crippen LogP contribution in [0.15, 0.2) is 64.3 Å². The third-order valence-electron chi connectivity index (χ3n) is 6.98. The van der Waals surface area contributed by atoms with Crippen molar-refractivity contribution in [3.63, 3.8) is 0 Å². The molecule has 1 unspecified atom stereocenters. The van der Waals surface area contributed by atoms with Crippen LogP contribution in [-0.4, -0.2) is 62.3 Å². The summed E-state index contributed by atoms with van der Waals surface area (Å²) in [6.07, 6.45) is -2.98. The number of aromatic amines is 1. The molecule has 7 atom stereocenters. The van der Waals surface area contributed by atoms with Crippen molar-refractivity contribution in [3.05, 3.63) is 75.6 Å². The molecule has 2 aromatic carbocycles. The fourth-order valence-corrected chi connectivity index (χ4v) is 6.37. The van der Waals surface area contributed by atoms with Crippen LogP contribution in [0.1, 0.15) is 46.8 Å². The summed E-state index contributed by atoms with van der Waals surface area (Å²) in [6.45, 7) is 6.28. The number of carbonyl (C=O) groups is 1. The number of unbranched alkanes of at least 4 members (excludes halogenated alkanes) is 1. The van der Waals surface area contributed by atoms with Gasteiger partial charge in [0.15, 0.2) is 6.23 Å². The summed E-state index contributed by atoms with van der Waals surface area (Å²) >= 11 is 0. The first kappa shape index (κ1) is 31.6. The van der Waals surface area contributed by atoms with Gasteiger partial charge in [0.2, 0.25) is 0 Å². The molecule has 1 fully saturated rings. The van der Waals surface area contributed by atoms with Crippen molar-refractivity contribution in [2.24, 2.45) is 0 Å². The van der Waals surface area contributed by atoms with E-state index in [0.717, 1.165) is 28.6 Å². The monoisotopic (exact) mass is 605 g/mol. The molecule has 1 saturated heterocycles. The average Bonchev–Trinajstić information content (AvgIpc) is 3.17. The van der Waals surface area contributed by atoms with Crippen LogP contribution in [0.3, 0.4) is 0 Å². The van der Waals surface area contributed by atoms with Crippen molar-refractivity contribution in [2.45, 2.75) is 76.7 Å². The molecule has 0 amide bonds. The number of aliphatic hydroxyl groups is 2. The first-order valence-electron chi connectivity index (χ1n) is 13.6. The fraction of sp³-hybridized carbons (Fsp3) is 0.464. The molecule has 1 aromatic heterocycles. The van der Waals surface area contributed by atoms with Crippen molar-refractivity contribution in [1.82, 2.24) is 14.6 Å². The minimum absolute atomic E-state index is 0.190. The maximum Gasteiger partial charge on any atom is 0.459 e. The van der Waals surface area contributed by atoms with Crippen LogP contribution in [0.25, 0.3) is 10.8 Å². The third kappa shape index (κ3) is 6.83. The van der Waals surface area contributed by atoms with Crippen molar-refractivity contribution < 1.29 is 38.1 Å². The first-order chi connectivity index (χ1) is 19.9. The molecule has 0 aliphatic carbocycles. The van der Waals surface area contributed by atoms with E-state index in [4.69, 9.17) is 18.5 Å². The van der Waals surface area contributed by atoms with Crippen LogP contribution < -0.4 is 20.9 Å². The topological polar surface area (TPSA) is 178 Å². The van der Waals surface area contributed by atoms with Crippen molar-refractivity contribution in [3.8, 4) is 5.75 Å². The van der Waals surface area contributed by atoms with E-state index in [-0.39, 0.29) is 12.4 Å². The number of nitrogens with zero attached hydrogens (tertiary/aromatic N) is 1. The number of nitrogens with one attached hydrogen (secondary N) is 2. The molecule has 3 aromatic rings. The van der Waals surface area contributed by atoms with Gasteiger partial charge in [0, 0.05) is 17.6 Å². The van der Waals surface area contributed by atoms with Crippen LogP contribution in [0, 0.1) is 0 Å². The Balaban J connectivity index is 1.62. The second-order valence-corrected chi connectivity index (χ2v) is 12.0. The smallest absolute Gasteiger partial charge is 0.459 e. The minimum Gasteiger partial charge on any atom is -0.465 e. The normalized spacial score (nSPS) is 25.0. The average molecular weight is 606 g/mol. The molecule has 1 aliphatic rings. The van der Waals surface area contributed by atoms with E-state index >= 15 is 0 Å². The maximum absolute atomic E-state index is 14.3. The van der Waals surface area contributed by atoms with Crippen LogP contribution in [0.2, 0.25) is 0 Å². The molecule has 1 aliphatic heterocycles. The van der Waals surface area contributed by atoms with Gasteiger partial charge in [-0.25, -0.2) is 9.36 Å². The fourth-order valence-electron chi connectivity index (χ4n) is 4.66. The number of H-pyrrole nitrogens is 1. The number of ether oxygens (including phenoxy) is 2. The second-order valence-electron chi connectivity index (χ2n) is 10.4. The van der Waals surface area contributed by atoms with Gasteiger partial charge in [-0.1, -0.05) is 49.7 Å². The Morgan fingerprint density at radius 2 is 1.90 bits per heavy atom. The summed E-state index contributed by atoms with van der Waals surface area (Å²) < 4.78 is 38.2. The van der Waals surface area contributed by atoms with Gasteiger partial charge < -0.3 is 24.2 Å². The van der Waals surface area contributed by atoms with E-state index in [9.17, 15) is 29.2 Å². The van der Waals surface area contributed by atoms with Gasteiger partial charge in [-0.2, -0.15) is 5.09 Å². The molecule has 0 bridgehead atoms. The molecule has 13 nitrogen and oxygen atoms in total. The van der Waals surface area contributed by atoms with Gasteiger partial charge in [-0.05, 0) is 38.6 Å². The zero-order valence-electron chi connectivity index (χ0n) is 23.8. The molecular weight excluding hydrogens is 569 g/mol. The Labute approximate surface area is 242 Å². The summed E-state index contributed by atoms with van der Waals surface area (Å²) in [7, 11) is -4.42. The zero-order valence-corrected chi connectivity index (χ0v) is 24.7. The molecule has 2 heterocycles. The van der Waals surface area contributed by atoms with Gasteiger partial charge in [0.05, 0.1) is 12.7 Å². The number of hydrogen-bond donors (Lipinski definition) is 4. The Morgan fingerprint density at radius 1 is 1.19 bits per heavy atom. The molecule has 0 saturated carbocycles. The number of rotatable bonds is 12. The lowest BCUT2D eigenvalue weighted by atomic mass is 9.94. The lowest BCUT2D eigenvalue weighted by Gasteiger charge is -2.30. The highest BCUT2D eigenvalue weighted by Crippen LogP contribution is 2.50. The first-order valence-corrected chi connectivity index (χ1v) is 15.2. The zero-order chi connectivity index (χ0) is 30.7. The number of carbonyl (C=O) groups excluding carboxylic acids is 1. The molecule has 4 N–H and O–H groups in total. The van der Waals surface area contributed by atoms with E-state index < -0.39 is 61.1 Å². The Morgan fingerprint density at radius 3 is 2.62 bits per heavy atom. The number of aromatic nitrogens is 2. The highest BCUT2D eigenvalue weighted by Gasteiger charge is 2.56. The number of hydrogen-bond acceptors (Lipinski definition) is 10. The van der Waals surface area contributed by atoms with Gasteiger partial charge in [-0.15, -0.1) is 0 Å². The number of aliphatic hydroxyl groups excluding tert-OH is 1. The SMILES string of the molecule is CCCCOC(=O)[C@H](C)NP(=O)(Oc1cccc2ccccc12)O[C@H](C)[C@H]1O[C@@H](n2ccc(=O)[nH]c2=O)[C@](C)(O)[C@@H]1O. The van der Waals surface area contributed by atoms with Gasteiger partial charge in [0.25, 0.3) is 5.56 Å².